The van der Waals surface area contributed by atoms with E-state index < -0.39 is 0 Å². The van der Waals surface area contributed by atoms with Crippen LogP contribution in [0, 0.1) is 20.9 Å². The summed E-state index contributed by atoms with van der Waals surface area (Å²) in [6, 6.07) is 39.9. The Morgan fingerprint density at radius 2 is 1.55 bits per heavy atom. The minimum Gasteiger partial charge on any atom is -0.179 e. The zero-order valence-electron chi connectivity index (χ0n) is 24.5. The van der Waals surface area contributed by atoms with Gasteiger partial charge < -0.3 is 14.9 Å². The molecule has 1 heterocycles. The first-order chi connectivity index (χ1) is 18.8. The average molecular weight is 686 g/mol. The predicted molar refractivity (Wildman–Crippen MR) is 185 cm³/mol. The van der Waals surface area contributed by atoms with Crippen LogP contribution in [0.1, 0.15) is 36.5 Å². The summed E-state index contributed by atoms with van der Waals surface area (Å²) in [5.74, 6) is 0. The average Bonchev–Trinajstić information content (AvgIpc) is 3.58. The second kappa shape index (κ2) is 18.3. The number of hydrogen-bond acceptors (Lipinski definition) is 1. The summed E-state index contributed by atoms with van der Waals surface area (Å²) in [6.45, 7) is 5.31. The molecule has 7 rings (SSSR count). The maximum atomic E-state index is 4.62. The van der Waals surface area contributed by atoms with Gasteiger partial charge in [0.1, 0.15) is 0 Å². The molecule has 0 unspecified atom stereocenters. The third-order valence-corrected chi connectivity index (χ3v) is 7.15. The molecule has 0 fully saturated rings. The number of halogens is 2. The molecule has 1 aliphatic carbocycles. The van der Waals surface area contributed by atoms with E-state index in [4.69, 9.17) is 0 Å². The Balaban J connectivity index is 0.000000401. The smallest absolute Gasteiger partial charge is 0.0253 e. The molecular weight excluding hydrogens is 649 g/mol. The van der Waals surface area contributed by atoms with Gasteiger partial charge in [-0.05, 0) is 30.5 Å². The molecule has 0 atom stereocenters. The molecule has 1 nitrogen and oxygen atoms in total. The third-order valence-electron chi connectivity index (χ3n) is 7.15. The van der Waals surface area contributed by atoms with Gasteiger partial charge >= 0.3 is 30.2 Å². The molecule has 6 aromatic rings. The number of rotatable bonds is 4. The van der Waals surface area contributed by atoms with Crippen LogP contribution in [0.3, 0.4) is 0 Å². The molecule has 0 bridgehead atoms. The van der Waals surface area contributed by atoms with E-state index in [-0.39, 0.29) is 39.7 Å². The van der Waals surface area contributed by atoms with Crippen LogP contribution in [0.25, 0.3) is 43.9 Å². The molecule has 5 heteroatoms. The summed E-state index contributed by atoms with van der Waals surface area (Å²) in [6.07, 6.45) is 6.70. The van der Waals surface area contributed by atoms with E-state index in [9.17, 15) is 0 Å². The molecule has 0 amide bonds. The molecule has 1 aliphatic rings. The third kappa shape index (κ3) is 8.35. The Labute approximate surface area is 281 Å². The number of para-hydroxylation sites is 1. The molecular formula is C37H37Cl2NSiZr-4. The summed E-state index contributed by atoms with van der Waals surface area (Å²) in [7, 11) is 0. The van der Waals surface area contributed by atoms with Crippen molar-refractivity contribution >= 4 is 53.4 Å². The Kier molecular flexibility index (Phi) is 16.4. The summed E-state index contributed by atoms with van der Waals surface area (Å²) < 4.78 is 0. The second-order valence-electron chi connectivity index (χ2n) is 9.59. The fraction of sp³-hybridized carbons (Fsp3) is 0.135. The monoisotopic (exact) mass is 683 g/mol. The SMILES string of the molecule is CCCCc1cc2c(-c3cnc4ccccc4c3)cccc2[cH-]1.Cl.Cl.[CH3-].[CH3-].[Si]=[Zr].[c-]1cccc2c1Cc1ccccc1-2. The van der Waals surface area contributed by atoms with Gasteiger partial charge in [-0.1, -0.05) is 85.0 Å². The standard InChI is InChI=1S/C22H20N.C13H9.2CH3.2ClH.Si.Zr/c1-2-3-7-16-12-17-9-6-10-20(21(17)13-16)19-14-18-8-4-5-11-22(18)23-15-19;1-3-7-12-10(5-1)9-11-6-2-4-8-13(11)12;;;;;;/h4-6,8-15H,2-3,7H2,1H3;1-5,7-8H,9H2;2*1H3;2*1H;;/q4*-1;;;;. The summed E-state index contributed by atoms with van der Waals surface area (Å²) >= 11 is 1.36. The van der Waals surface area contributed by atoms with Crippen molar-refractivity contribution in [3.05, 3.63) is 147 Å². The van der Waals surface area contributed by atoms with E-state index in [1.54, 1.807) is 0 Å². The summed E-state index contributed by atoms with van der Waals surface area (Å²) in [4.78, 5) is 4.62. The number of fused-ring (bicyclic) bond motifs is 5. The fourth-order valence-electron chi connectivity index (χ4n) is 5.29. The van der Waals surface area contributed by atoms with E-state index in [1.165, 1.54) is 97.7 Å². The van der Waals surface area contributed by atoms with Gasteiger partial charge in [0, 0.05) is 11.6 Å². The van der Waals surface area contributed by atoms with Gasteiger partial charge in [-0.3, -0.25) is 4.98 Å². The van der Waals surface area contributed by atoms with Gasteiger partial charge in [0.25, 0.3) is 0 Å². The molecule has 2 radical (unpaired) electrons. The molecule has 216 valence electrons. The van der Waals surface area contributed by atoms with E-state index in [0.29, 0.717) is 0 Å². The first-order valence-corrected chi connectivity index (χ1v) is 17.4. The largest absolute Gasteiger partial charge is 0.179 e. The van der Waals surface area contributed by atoms with Gasteiger partial charge in [-0.2, -0.15) is 35.9 Å². The quantitative estimate of drug-likeness (QED) is 0.133. The minimum atomic E-state index is 0. The van der Waals surface area contributed by atoms with E-state index in [2.05, 4.69) is 116 Å². The number of hydrogen-bond donors (Lipinski definition) is 0. The van der Waals surface area contributed by atoms with Crippen molar-refractivity contribution in [3.63, 3.8) is 0 Å². The number of benzene rings is 4. The van der Waals surface area contributed by atoms with Crippen LogP contribution in [0.2, 0.25) is 0 Å². The molecule has 5 aromatic carbocycles. The topological polar surface area (TPSA) is 12.9 Å². The van der Waals surface area contributed by atoms with Crippen LogP contribution in [-0.2, 0) is 36.2 Å². The van der Waals surface area contributed by atoms with Crippen LogP contribution >= 0.6 is 24.8 Å². The number of aryl methyl sites for hydroxylation is 1. The fourth-order valence-corrected chi connectivity index (χ4v) is 5.29. The number of unbranched alkanes of at least 4 members (excludes halogenated alkanes) is 1. The zero-order chi connectivity index (χ0) is 26.3. The second-order valence-corrected chi connectivity index (χ2v) is 9.59. The van der Waals surface area contributed by atoms with Crippen molar-refractivity contribution in [1.29, 1.82) is 0 Å². The van der Waals surface area contributed by atoms with E-state index in [1.807, 2.05) is 18.3 Å². The molecule has 42 heavy (non-hydrogen) atoms. The molecule has 0 saturated carbocycles. The molecule has 0 N–H and O–H groups in total. The Bertz CT molecular complexity index is 1650. The van der Waals surface area contributed by atoms with Crippen LogP contribution in [0.5, 0.6) is 0 Å². The van der Waals surface area contributed by atoms with E-state index in [0.717, 1.165) is 11.9 Å². The number of nitrogens with zero attached hydrogens (tertiary/aromatic N) is 1. The molecule has 0 saturated heterocycles. The Morgan fingerprint density at radius 3 is 2.36 bits per heavy atom. The van der Waals surface area contributed by atoms with Crippen molar-refractivity contribution < 1.29 is 23.3 Å². The summed E-state index contributed by atoms with van der Waals surface area (Å²) in [5.41, 5.74) is 10.5. The van der Waals surface area contributed by atoms with Crippen molar-refractivity contribution in [3.8, 4) is 22.3 Å². The first kappa shape index (κ1) is 37.6. The molecule has 0 aliphatic heterocycles. The van der Waals surface area contributed by atoms with Crippen LogP contribution < -0.4 is 0 Å². The van der Waals surface area contributed by atoms with Crippen LogP contribution in [0.15, 0.2) is 109 Å². The Morgan fingerprint density at radius 1 is 0.833 bits per heavy atom. The zero-order valence-corrected chi connectivity index (χ0v) is 29.6. The predicted octanol–water partition coefficient (Wildman–Crippen LogP) is 10.5. The van der Waals surface area contributed by atoms with Gasteiger partial charge in [-0.25, -0.2) is 0 Å². The van der Waals surface area contributed by atoms with E-state index >= 15 is 0 Å². The van der Waals surface area contributed by atoms with Crippen LogP contribution in [-0.4, -0.2) is 11.9 Å². The van der Waals surface area contributed by atoms with Gasteiger partial charge in [0.15, 0.2) is 0 Å². The van der Waals surface area contributed by atoms with Crippen LogP contribution in [0.4, 0.5) is 0 Å². The van der Waals surface area contributed by atoms with Crippen molar-refractivity contribution in [1.82, 2.24) is 4.98 Å². The van der Waals surface area contributed by atoms with Gasteiger partial charge in [0.05, 0.1) is 5.52 Å². The minimum absolute atomic E-state index is 0. The maximum Gasteiger partial charge on any atom is -0.0253 e. The number of pyridine rings is 1. The Hall–Kier alpha value is -2.42. The van der Waals surface area contributed by atoms with Gasteiger partial charge in [-0.15, -0.1) is 64.9 Å². The first-order valence-electron chi connectivity index (χ1n) is 13.2. The van der Waals surface area contributed by atoms with Crippen molar-refractivity contribution in [2.24, 2.45) is 0 Å². The molecule has 1 aromatic heterocycles. The van der Waals surface area contributed by atoms with Crippen molar-refractivity contribution in [2.45, 2.75) is 32.6 Å². The number of aromatic nitrogens is 1. The normalized spacial score (nSPS) is 10.1. The van der Waals surface area contributed by atoms with Gasteiger partial charge in [0.2, 0.25) is 0 Å². The van der Waals surface area contributed by atoms with Crippen molar-refractivity contribution in [2.75, 3.05) is 0 Å². The maximum absolute atomic E-state index is 4.62. The summed E-state index contributed by atoms with van der Waals surface area (Å²) in [5, 5.41) is 3.87. The molecule has 0 spiro atoms.